The third kappa shape index (κ3) is 3.15. The van der Waals surface area contributed by atoms with Gasteiger partial charge in [0, 0.05) is 52.0 Å². The number of nitrogens with zero attached hydrogens (tertiary/aromatic N) is 4. The molecule has 2 aromatic rings. The topological polar surface area (TPSA) is 74.7 Å². The number of β-amino-alcohol motifs (C(OH)–C–C–N with tert-alkyl or cyclic N) is 1. The Morgan fingerprint density at radius 1 is 1.14 bits per heavy atom. The van der Waals surface area contributed by atoms with Crippen molar-refractivity contribution in [3.05, 3.63) is 28.9 Å². The average molecular weight is 292 g/mol. The summed E-state index contributed by atoms with van der Waals surface area (Å²) >= 11 is 0. The number of aliphatic hydroxyl groups excluding tert-OH is 1. The summed E-state index contributed by atoms with van der Waals surface area (Å²) < 4.78 is 6.77. The van der Waals surface area contributed by atoms with Crippen molar-refractivity contribution in [2.24, 2.45) is 0 Å². The predicted molar refractivity (Wildman–Crippen MR) is 78.2 cm³/mol. The first-order valence-corrected chi connectivity index (χ1v) is 7.28. The van der Waals surface area contributed by atoms with Gasteiger partial charge in [-0.3, -0.25) is 14.4 Å². The quantitative estimate of drug-likeness (QED) is 0.808. The summed E-state index contributed by atoms with van der Waals surface area (Å²) in [4.78, 5) is 20.6. The molecule has 7 heteroatoms. The lowest BCUT2D eigenvalue weighted by Crippen LogP contribution is -2.48. The Labute approximate surface area is 122 Å². The molecule has 0 bridgehead atoms. The molecule has 0 aliphatic carbocycles. The van der Waals surface area contributed by atoms with Crippen molar-refractivity contribution in [3.63, 3.8) is 0 Å². The molecule has 1 aliphatic rings. The molecule has 21 heavy (non-hydrogen) atoms. The number of oxazole rings is 1. The van der Waals surface area contributed by atoms with Gasteiger partial charge in [0.2, 0.25) is 0 Å². The highest BCUT2D eigenvalue weighted by Gasteiger charge is 2.17. The molecule has 7 nitrogen and oxygen atoms in total. The summed E-state index contributed by atoms with van der Waals surface area (Å²) in [6.45, 7) is 6.17. The number of hydrogen-bond acceptors (Lipinski definition) is 6. The molecule has 0 aromatic carbocycles. The molecule has 1 N–H and O–H groups in total. The van der Waals surface area contributed by atoms with E-state index in [2.05, 4.69) is 14.8 Å². The van der Waals surface area contributed by atoms with E-state index < -0.39 is 0 Å². The van der Waals surface area contributed by atoms with Gasteiger partial charge in [0.1, 0.15) is 0 Å². The minimum Gasteiger partial charge on any atom is -0.406 e. The van der Waals surface area contributed by atoms with E-state index in [4.69, 9.17) is 9.52 Å². The fourth-order valence-corrected chi connectivity index (χ4v) is 2.72. The van der Waals surface area contributed by atoms with Gasteiger partial charge in [-0.2, -0.15) is 0 Å². The van der Waals surface area contributed by atoms with Crippen LogP contribution in [0.15, 0.2) is 27.5 Å². The Morgan fingerprint density at radius 3 is 2.57 bits per heavy atom. The molecule has 1 aliphatic heterocycles. The van der Waals surface area contributed by atoms with E-state index in [9.17, 15) is 4.79 Å². The van der Waals surface area contributed by atoms with Crippen LogP contribution in [0.3, 0.4) is 0 Å². The summed E-state index contributed by atoms with van der Waals surface area (Å²) in [6, 6.07) is 3.52. The first-order chi connectivity index (χ1) is 10.3. The Morgan fingerprint density at radius 2 is 1.86 bits per heavy atom. The van der Waals surface area contributed by atoms with Gasteiger partial charge in [0.05, 0.1) is 6.61 Å². The average Bonchev–Trinajstić information content (AvgIpc) is 2.82. The third-order valence-corrected chi connectivity index (χ3v) is 3.95. The van der Waals surface area contributed by atoms with Gasteiger partial charge < -0.3 is 9.52 Å². The minimum atomic E-state index is -0.345. The van der Waals surface area contributed by atoms with Gasteiger partial charge in [0.15, 0.2) is 11.2 Å². The lowest BCUT2D eigenvalue weighted by atomic mass is 10.3. The predicted octanol–water partition coefficient (Wildman–Crippen LogP) is -0.401. The minimum absolute atomic E-state index is 0.210. The van der Waals surface area contributed by atoms with Crippen molar-refractivity contribution < 1.29 is 9.52 Å². The maximum Gasteiger partial charge on any atom is 0.421 e. The molecule has 0 spiro atoms. The van der Waals surface area contributed by atoms with Crippen molar-refractivity contribution in [2.45, 2.75) is 6.54 Å². The summed E-state index contributed by atoms with van der Waals surface area (Å²) in [5.41, 5.74) is 1.15. The lowest BCUT2D eigenvalue weighted by molar-refractivity contribution is 0.110. The normalized spacial score (nSPS) is 17.6. The smallest absolute Gasteiger partial charge is 0.406 e. The van der Waals surface area contributed by atoms with Crippen molar-refractivity contribution in [1.29, 1.82) is 0 Å². The van der Waals surface area contributed by atoms with Crippen LogP contribution in [0.2, 0.25) is 0 Å². The fraction of sp³-hybridized carbons (Fsp3) is 0.571. The SMILES string of the molecule is O=c1oc2cccnc2n1CCN1CCN(CCO)CC1. The first kappa shape index (κ1) is 14.2. The standard InChI is InChI=1S/C14H20N4O3/c19-11-10-17-6-4-16(5-7-17)8-9-18-13-12(21-14(18)20)2-1-3-15-13/h1-3,19H,4-11H2. The summed E-state index contributed by atoms with van der Waals surface area (Å²) in [7, 11) is 0. The Bertz CT molecular complexity index is 643. The highest BCUT2D eigenvalue weighted by atomic mass is 16.4. The van der Waals surface area contributed by atoms with E-state index in [1.54, 1.807) is 22.9 Å². The van der Waals surface area contributed by atoms with Gasteiger partial charge in [-0.05, 0) is 12.1 Å². The molecule has 0 radical (unpaired) electrons. The van der Waals surface area contributed by atoms with Gasteiger partial charge in [-0.15, -0.1) is 0 Å². The summed E-state index contributed by atoms with van der Waals surface area (Å²) in [6.07, 6.45) is 1.67. The number of aliphatic hydroxyl groups is 1. The zero-order valence-electron chi connectivity index (χ0n) is 11.9. The second kappa shape index (κ2) is 6.38. The second-order valence-corrected chi connectivity index (χ2v) is 5.25. The van der Waals surface area contributed by atoms with Crippen molar-refractivity contribution in [3.8, 4) is 0 Å². The molecule has 0 amide bonds. The molecule has 0 unspecified atom stereocenters. The lowest BCUT2D eigenvalue weighted by Gasteiger charge is -2.34. The number of fused-ring (bicyclic) bond motifs is 1. The molecular formula is C14H20N4O3. The van der Waals surface area contributed by atoms with Crippen LogP contribution < -0.4 is 5.76 Å². The number of hydrogen-bond donors (Lipinski definition) is 1. The Kier molecular flexibility index (Phi) is 4.33. The highest BCUT2D eigenvalue weighted by molar-refractivity contribution is 5.67. The first-order valence-electron chi connectivity index (χ1n) is 7.28. The number of aromatic nitrogens is 2. The molecule has 0 saturated carbocycles. The largest absolute Gasteiger partial charge is 0.421 e. The molecule has 2 aromatic heterocycles. The van der Waals surface area contributed by atoms with Crippen LogP contribution >= 0.6 is 0 Å². The van der Waals surface area contributed by atoms with E-state index >= 15 is 0 Å². The molecule has 1 fully saturated rings. The third-order valence-electron chi connectivity index (χ3n) is 3.95. The molecule has 3 heterocycles. The van der Waals surface area contributed by atoms with Crippen LogP contribution in [0.4, 0.5) is 0 Å². The zero-order chi connectivity index (χ0) is 14.7. The number of rotatable bonds is 5. The summed E-state index contributed by atoms with van der Waals surface area (Å²) in [5, 5.41) is 8.93. The molecule has 114 valence electrons. The maximum atomic E-state index is 11.9. The van der Waals surface area contributed by atoms with Gasteiger partial charge in [-0.1, -0.05) is 0 Å². The molecule has 1 saturated heterocycles. The second-order valence-electron chi connectivity index (χ2n) is 5.25. The van der Waals surface area contributed by atoms with E-state index in [1.807, 2.05) is 0 Å². The molecule has 0 atom stereocenters. The Hall–Kier alpha value is -1.70. The molecular weight excluding hydrogens is 272 g/mol. The monoisotopic (exact) mass is 292 g/mol. The van der Waals surface area contributed by atoms with E-state index in [1.165, 1.54) is 0 Å². The number of pyridine rings is 1. The van der Waals surface area contributed by atoms with Crippen molar-refractivity contribution in [2.75, 3.05) is 45.9 Å². The van der Waals surface area contributed by atoms with Crippen LogP contribution in [0, 0.1) is 0 Å². The van der Waals surface area contributed by atoms with E-state index in [0.29, 0.717) is 17.8 Å². The van der Waals surface area contributed by atoms with Crippen molar-refractivity contribution in [1.82, 2.24) is 19.4 Å². The van der Waals surface area contributed by atoms with Crippen LogP contribution in [0.25, 0.3) is 11.2 Å². The summed E-state index contributed by atoms with van der Waals surface area (Å²) in [5.74, 6) is -0.345. The molecule has 3 rings (SSSR count). The van der Waals surface area contributed by atoms with Gasteiger partial charge in [0.25, 0.3) is 0 Å². The highest BCUT2D eigenvalue weighted by Crippen LogP contribution is 2.09. The van der Waals surface area contributed by atoms with Crippen LogP contribution in [0.1, 0.15) is 0 Å². The maximum absolute atomic E-state index is 11.9. The van der Waals surface area contributed by atoms with Crippen LogP contribution in [-0.4, -0.2) is 70.3 Å². The van der Waals surface area contributed by atoms with Gasteiger partial charge >= 0.3 is 5.76 Å². The number of piperazine rings is 1. The zero-order valence-corrected chi connectivity index (χ0v) is 11.9. The van der Waals surface area contributed by atoms with Crippen molar-refractivity contribution >= 4 is 11.2 Å². The fourth-order valence-electron chi connectivity index (χ4n) is 2.72. The van der Waals surface area contributed by atoms with E-state index in [-0.39, 0.29) is 12.4 Å². The van der Waals surface area contributed by atoms with Crippen LogP contribution in [-0.2, 0) is 6.54 Å². The van der Waals surface area contributed by atoms with Crippen LogP contribution in [0.5, 0.6) is 0 Å². The van der Waals surface area contributed by atoms with E-state index in [0.717, 1.165) is 39.3 Å². The van der Waals surface area contributed by atoms with Gasteiger partial charge in [-0.25, -0.2) is 9.78 Å². The Balaban J connectivity index is 1.60.